The Bertz CT molecular complexity index is 1450. The van der Waals surface area contributed by atoms with Crippen LogP contribution in [-0.4, -0.2) is 44.6 Å². The Hall–Kier alpha value is -3.20. The fourth-order valence-corrected chi connectivity index (χ4v) is 4.93. The predicted octanol–water partition coefficient (Wildman–Crippen LogP) is 4.23. The number of rotatable bonds is 4. The maximum absolute atomic E-state index is 12.8. The van der Waals surface area contributed by atoms with E-state index in [9.17, 15) is 4.79 Å². The fraction of sp³-hybridized carbons (Fsp3) is 0.250. The van der Waals surface area contributed by atoms with Crippen LogP contribution in [0.2, 0.25) is 10.0 Å². The number of aryl methyl sites for hydroxylation is 1. The molecule has 0 amide bonds. The summed E-state index contributed by atoms with van der Waals surface area (Å²) in [5.74, 6) is 0.440. The van der Waals surface area contributed by atoms with Gasteiger partial charge in [0.2, 0.25) is 5.95 Å². The lowest BCUT2D eigenvalue weighted by Crippen LogP contribution is -2.33. The molecule has 3 N–H and O–H groups in total. The average Bonchev–Trinajstić information content (AvgIpc) is 2.80. The van der Waals surface area contributed by atoms with Gasteiger partial charge in [-0.3, -0.25) is 0 Å². The van der Waals surface area contributed by atoms with E-state index in [-0.39, 0.29) is 27.2 Å². The number of hydrogen-bond acceptors (Lipinski definition) is 7. The number of aromatic nitrogens is 4. The standard InChI is InChI=1S/C24H23Cl2N7O/c1-32(2)16-9-7-13-10-15(8-6-14(13)11-16)29-23-28-12-17-21(27)33(24(34)31-22(17)30-23)20-18(25)4-3-5-19(20)26/h3-6,8,10,12,16H,7,9,11,27H2,1-2H3,(H,29,30,31,34)/t16-/m0/s1. The Morgan fingerprint density at radius 2 is 1.88 bits per heavy atom. The van der Waals surface area contributed by atoms with Crippen LogP contribution in [0.25, 0.3) is 16.7 Å². The molecule has 34 heavy (non-hydrogen) atoms. The number of nitrogens with one attached hydrogen (secondary N) is 1. The van der Waals surface area contributed by atoms with E-state index < -0.39 is 5.69 Å². The van der Waals surface area contributed by atoms with Crippen LogP contribution in [0.3, 0.4) is 0 Å². The van der Waals surface area contributed by atoms with Crippen molar-refractivity contribution in [3.05, 3.63) is 74.3 Å². The van der Waals surface area contributed by atoms with Gasteiger partial charge in [0, 0.05) is 17.9 Å². The van der Waals surface area contributed by atoms with Crippen molar-refractivity contribution in [2.24, 2.45) is 0 Å². The summed E-state index contributed by atoms with van der Waals surface area (Å²) in [4.78, 5) is 28.0. The number of para-hydroxylation sites is 1. The highest BCUT2D eigenvalue weighted by Gasteiger charge is 2.21. The first-order valence-corrected chi connectivity index (χ1v) is 11.6. The number of hydrogen-bond donors (Lipinski definition) is 2. The quantitative estimate of drug-likeness (QED) is 0.436. The smallest absolute Gasteiger partial charge is 0.355 e. The first-order valence-electron chi connectivity index (χ1n) is 10.9. The highest BCUT2D eigenvalue weighted by molar-refractivity contribution is 6.37. The van der Waals surface area contributed by atoms with E-state index in [0.717, 1.165) is 24.9 Å². The third-order valence-electron chi connectivity index (χ3n) is 6.23. The largest absolute Gasteiger partial charge is 0.384 e. The van der Waals surface area contributed by atoms with Crippen LogP contribution < -0.4 is 16.7 Å². The van der Waals surface area contributed by atoms with Crippen LogP contribution in [0.15, 0.2) is 47.4 Å². The van der Waals surface area contributed by atoms with Crippen molar-refractivity contribution in [2.75, 3.05) is 25.1 Å². The van der Waals surface area contributed by atoms with Gasteiger partial charge in [0.15, 0.2) is 5.65 Å². The molecule has 0 aliphatic heterocycles. The van der Waals surface area contributed by atoms with Gasteiger partial charge in [-0.25, -0.2) is 14.3 Å². The highest BCUT2D eigenvalue weighted by atomic mass is 35.5. The van der Waals surface area contributed by atoms with Gasteiger partial charge in [-0.15, -0.1) is 0 Å². The number of benzene rings is 2. The van der Waals surface area contributed by atoms with Crippen molar-refractivity contribution in [3.8, 4) is 5.69 Å². The molecule has 10 heteroatoms. The molecule has 2 aromatic heterocycles. The SMILES string of the molecule is CN(C)[C@H]1CCc2cc(Nc3ncc4c(N)n(-c5c(Cl)cccc5Cl)c(=O)nc4n3)ccc2C1. The van der Waals surface area contributed by atoms with Crippen molar-refractivity contribution in [3.63, 3.8) is 0 Å². The Morgan fingerprint density at radius 1 is 1.12 bits per heavy atom. The third kappa shape index (κ3) is 4.09. The number of nitrogen functional groups attached to an aromatic ring is 1. The zero-order chi connectivity index (χ0) is 24.0. The van der Waals surface area contributed by atoms with Gasteiger partial charge in [-0.05, 0) is 68.8 Å². The second-order valence-electron chi connectivity index (χ2n) is 8.58. The number of halogens is 2. The molecule has 5 rings (SSSR count). The molecular weight excluding hydrogens is 473 g/mol. The summed E-state index contributed by atoms with van der Waals surface area (Å²) >= 11 is 12.6. The van der Waals surface area contributed by atoms with Crippen LogP contribution in [0.5, 0.6) is 0 Å². The molecule has 0 saturated carbocycles. The first-order chi connectivity index (χ1) is 16.3. The summed E-state index contributed by atoms with van der Waals surface area (Å²) in [6, 6.07) is 11.8. The second kappa shape index (κ2) is 8.87. The van der Waals surface area contributed by atoms with Gasteiger partial charge in [-0.2, -0.15) is 9.97 Å². The van der Waals surface area contributed by atoms with Crippen molar-refractivity contribution < 1.29 is 0 Å². The molecular formula is C24H23Cl2N7O. The number of likely N-dealkylation sites (N-methyl/N-ethyl adjacent to an activating group) is 1. The summed E-state index contributed by atoms with van der Waals surface area (Å²) < 4.78 is 1.17. The van der Waals surface area contributed by atoms with Crippen LogP contribution >= 0.6 is 23.2 Å². The third-order valence-corrected chi connectivity index (χ3v) is 6.84. The van der Waals surface area contributed by atoms with E-state index in [2.05, 4.69) is 51.4 Å². The van der Waals surface area contributed by atoms with Gasteiger partial charge in [0.25, 0.3) is 0 Å². The van der Waals surface area contributed by atoms with Gasteiger partial charge in [0.05, 0.1) is 21.1 Å². The van der Waals surface area contributed by atoms with E-state index in [1.807, 2.05) is 6.07 Å². The van der Waals surface area contributed by atoms with Crippen LogP contribution in [0.4, 0.5) is 17.5 Å². The lowest BCUT2D eigenvalue weighted by Gasteiger charge is -2.30. The molecule has 1 aliphatic carbocycles. The van der Waals surface area contributed by atoms with Gasteiger partial charge in [-0.1, -0.05) is 35.3 Å². The molecule has 174 valence electrons. The van der Waals surface area contributed by atoms with Gasteiger partial charge < -0.3 is 16.0 Å². The lowest BCUT2D eigenvalue weighted by molar-refractivity contribution is 0.268. The molecule has 4 aromatic rings. The van der Waals surface area contributed by atoms with Crippen LogP contribution in [0, 0.1) is 0 Å². The molecule has 2 aromatic carbocycles. The minimum Gasteiger partial charge on any atom is -0.384 e. The summed E-state index contributed by atoms with van der Waals surface area (Å²) in [7, 11) is 4.25. The maximum atomic E-state index is 12.8. The van der Waals surface area contributed by atoms with E-state index in [1.54, 1.807) is 18.2 Å². The lowest BCUT2D eigenvalue weighted by atomic mass is 9.87. The van der Waals surface area contributed by atoms with Crippen molar-refractivity contribution in [1.82, 2.24) is 24.4 Å². The van der Waals surface area contributed by atoms with Crippen LogP contribution in [0.1, 0.15) is 17.5 Å². The number of fused-ring (bicyclic) bond motifs is 2. The molecule has 0 spiro atoms. The zero-order valence-corrected chi connectivity index (χ0v) is 20.2. The molecule has 2 heterocycles. The Kier molecular flexibility index (Phi) is 5.89. The Balaban J connectivity index is 1.47. The average molecular weight is 496 g/mol. The maximum Gasteiger partial charge on any atom is 0.355 e. The summed E-state index contributed by atoms with van der Waals surface area (Å²) in [6.07, 6.45) is 4.73. The topological polar surface area (TPSA) is 102 Å². The van der Waals surface area contributed by atoms with E-state index >= 15 is 0 Å². The molecule has 0 saturated heterocycles. The van der Waals surface area contributed by atoms with Crippen LogP contribution in [-0.2, 0) is 12.8 Å². The predicted molar refractivity (Wildman–Crippen MR) is 137 cm³/mol. The van der Waals surface area contributed by atoms with E-state index in [1.165, 1.54) is 21.9 Å². The summed E-state index contributed by atoms with van der Waals surface area (Å²) in [5.41, 5.74) is 9.70. The second-order valence-corrected chi connectivity index (χ2v) is 9.40. The number of nitrogens with zero attached hydrogens (tertiary/aromatic N) is 5. The monoisotopic (exact) mass is 495 g/mol. The first kappa shape index (κ1) is 22.6. The molecule has 0 unspecified atom stereocenters. The molecule has 0 fully saturated rings. The number of nitrogens with two attached hydrogens (primary N) is 1. The Morgan fingerprint density at radius 3 is 2.62 bits per heavy atom. The van der Waals surface area contributed by atoms with Crippen molar-refractivity contribution >= 4 is 51.7 Å². The summed E-state index contributed by atoms with van der Waals surface area (Å²) in [5, 5.41) is 4.20. The zero-order valence-electron chi connectivity index (χ0n) is 18.7. The van der Waals surface area contributed by atoms with Crippen molar-refractivity contribution in [2.45, 2.75) is 25.3 Å². The molecule has 1 aliphatic rings. The summed E-state index contributed by atoms with van der Waals surface area (Å²) in [6.45, 7) is 0. The molecule has 1 atom stereocenters. The molecule has 0 bridgehead atoms. The van der Waals surface area contributed by atoms with E-state index in [0.29, 0.717) is 17.4 Å². The highest BCUT2D eigenvalue weighted by Crippen LogP contribution is 2.31. The van der Waals surface area contributed by atoms with E-state index in [4.69, 9.17) is 28.9 Å². The molecule has 8 nitrogen and oxygen atoms in total. The van der Waals surface area contributed by atoms with Gasteiger partial charge in [0.1, 0.15) is 5.82 Å². The number of anilines is 3. The minimum absolute atomic E-state index is 0.112. The Labute approximate surface area is 206 Å². The van der Waals surface area contributed by atoms with Gasteiger partial charge >= 0.3 is 5.69 Å². The minimum atomic E-state index is -0.631. The van der Waals surface area contributed by atoms with Crippen molar-refractivity contribution in [1.29, 1.82) is 0 Å². The fourth-order valence-electron chi connectivity index (χ4n) is 4.37. The normalized spacial score (nSPS) is 15.5. The molecule has 0 radical (unpaired) electrons.